The number of hydrogen-bond acceptors (Lipinski definition) is 7. The van der Waals surface area contributed by atoms with E-state index in [2.05, 4.69) is 0 Å². The van der Waals surface area contributed by atoms with Gasteiger partial charge in [-0.15, -0.1) is 0 Å². The second-order valence-corrected chi connectivity index (χ2v) is 6.97. The Morgan fingerprint density at radius 1 is 1.16 bits per heavy atom. The van der Waals surface area contributed by atoms with Gasteiger partial charge in [0.1, 0.15) is 0 Å². The largest absolute Gasteiger partial charge is 0.452 e. The van der Waals surface area contributed by atoms with E-state index in [1.807, 2.05) is 0 Å². The van der Waals surface area contributed by atoms with E-state index in [0.29, 0.717) is 13.2 Å². The lowest BCUT2D eigenvalue weighted by atomic mass is 10.2. The molecule has 1 aliphatic heterocycles. The number of amides is 3. The molecule has 1 aromatic rings. The molecule has 11 heteroatoms. The molecule has 1 aliphatic rings. The van der Waals surface area contributed by atoms with Crippen LogP contribution in [0.2, 0.25) is 0 Å². The number of urea groups is 1. The van der Waals surface area contributed by atoms with Crippen molar-refractivity contribution in [3.05, 3.63) is 29.8 Å². The first-order valence-corrected chi connectivity index (χ1v) is 8.69. The van der Waals surface area contributed by atoms with Crippen LogP contribution in [-0.4, -0.2) is 63.5 Å². The minimum atomic E-state index is -3.66. The van der Waals surface area contributed by atoms with E-state index in [1.165, 1.54) is 28.6 Å². The first kappa shape index (κ1) is 18.8. The summed E-state index contributed by atoms with van der Waals surface area (Å²) in [6.45, 7) is 0.506. The molecule has 1 aromatic carbocycles. The summed E-state index contributed by atoms with van der Waals surface area (Å²) in [5.41, 5.74) is 4.81. The van der Waals surface area contributed by atoms with Crippen molar-refractivity contribution in [1.29, 1.82) is 0 Å². The summed E-state index contributed by atoms with van der Waals surface area (Å²) in [5, 5.41) is 1.74. The van der Waals surface area contributed by atoms with Crippen molar-refractivity contribution in [1.82, 2.24) is 9.62 Å². The van der Waals surface area contributed by atoms with E-state index in [0.717, 1.165) is 0 Å². The molecule has 0 aliphatic carbocycles. The Kier molecular flexibility index (Phi) is 6.07. The van der Waals surface area contributed by atoms with Gasteiger partial charge in [0, 0.05) is 13.1 Å². The Hall–Kier alpha value is -2.50. The summed E-state index contributed by atoms with van der Waals surface area (Å²) in [4.78, 5) is 33.5. The third kappa shape index (κ3) is 4.98. The first-order chi connectivity index (χ1) is 11.8. The molecule has 0 bridgehead atoms. The third-order valence-corrected chi connectivity index (χ3v) is 5.21. The zero-order valence-electron chi connectivity index (χ0n) is 13.1. The van der Waals surface area contributed by atoms with Gasteiger partial charge >= 0.3 is 12.0 Å². The number of esters is 1. The Labute approximate surface area is 143 Å². The van der Waals surface area contributed by atoms with Crippen molar-refractivity contribution in [2.75, 3.05) is 32.9 Å². The standard InChI is InChI=1S/C14H17N3O7S/c15-14(20)16-12(18)9-24-13(19)10-1-3-11(4-2-10)25(21,22)17-5-7-23-8-6-17/h1-4H,5-9H2,(H3,15,16,18,20). The zero-order valence-corrected chi connectivity index (χ0v) is 14.0. The number of rotatable bonds is 5. The van der Waals surface area contributed by atoms with E-state index in [9.17, 15) is 22.8 Å². The average Bonchev–Trinajstić information content (AvgIpc) is 2.60. The predicted octanol–water partition coefficient (Wildman–Crippen LogP) is -0.941. The normalized spacial score (nSPS) is 15.4. The summed E-state index contributed by atoms with van der Waals surface area (Å²) in [6.07, 6.45) is 0. The fraction of sp³-hybridized carbons (Fsp3) is 0.357. The number of ether oxygens (including phenoxy) is 2. The van der Waals surface area contributed by atoms with Crippen molar-refractivity contribution in [3.63, 3.8) is 0 Å². The molecule has 136 valence electrons. The van der Waals surface area contributed by atoms with Crippen LogP contribution in [0.5, 0.6) is 0 Å². The van der Waals surface area contributed by atoms with Crippen molar-refractivity contribution in [3.8, 4) is 0 Å². The number of nitrogens with two attached hydrogens (primary N) is 1. The Morgan fingerprint density at radius 2 is 1.76 bits per heavy atom. The van der Waals surface area contributed by atoms with Gasteiger partial charge in [0.2, 0.25) is 10.0 Å². The molecule has 0 unspecified atom stereocenters. The van der Waals surface area contributed by atoms with Crippen molar-refractivity contribution in [2.45, 2.75) is 4.90 Å². The third-order valence-electron chi connectivity index (χ3n) is 3.29. The van der Waals surface area contributed by atoms with Crippen molar-refractivity contribution >= 4 is 27.9 Å². The lowest BCUT2D eigenvalue weighted by molar-refractivity contribution is -0.123. The fourth-order valence-electron chi connectivity index (χ4n) is 2.09. The average molecular weight is 371 g/mol. The minimum Gasteiger partial charge on any atom is -0.452 e. The number of carbonyl (C=O) groups excluding carboxylic acids is 3. The van der Waals surface area contributed by atoms with E-state index in [-0.39, 0.29) is 23.5 Å². The quantitative estimate of drug-likeness (QED) is 0.635. The number of morpholine rings is 1. The molecular weight excluding hydrogens is 354 g/mol. The highest BCUT2D eigenvalue weighted by Gasteiger charge is 2.26. The molecule has 0 saturated carbocycles. The second-order valence-electron chi connectivity index (χ2n) is 5.03. The molecule has 0 aromatic heterocycles. The number of sulfonamides is 1. The Morgan fingerprint density at radius 3 is 2.32 bits per heavy atom. The van der Waals surface area contributed by atoms with E-state index < -0.39 is 34.5 Å². The van der Waals surface area contributed by atoms with Crippen molar-refractivity contribution in [2.24, 2.45) is 5.73 Å². The Bertz CT molecular complexity index is 755. The van der Waals surface area contributed by atoms with Crippen LogP contribution in [0.25, 0.3) is 0 Å². The molecule has 0 radical (unpaired) electrons. The maximum atomic E-state index is 12.4. The summed E-state index contributed by atoms with van der Waals surface area (Å²) < 4.78 is 36.0. The number of primary amides is 1. The van der Waals surface area contributed by atoms with Gasteiger partial charge in [0.05, 0.1) is 23.7 Å². The number of benzene rings is 1. The van der Waals surface area contributed by atoms with E-state index >= 15 is 0 Å². The van der Waals surface area contributed by atoms with Crippen molar-refractivity contribution < 1.29 is 32.3 Å². The van der Waals surface area contributed by atoms with Gasteiger partial charge in [-0.05, 0) is 24.3 Å². The van der Waals surface area contributed by atoms with Crippen LogP contribution in [0.1, 0.15) is 10.4 Å². The highest BCUT2D eigenvalue weighted by molar-refractivity contribution is 7.89. The SMILES string of the molecule is NC(=O)NC(=O)COC(=O)c1ccc(S(=O)(=O)N2CCOCC2)cc1. The van der Waals surface area contributed by atoms with Gasteiger partial charge in [0.25, 0.3) is 5.91 Å². The molecule has 1 fully saturated rings. The minimum absolute atomic E-state index is 0.0393. The predicted molar refractivity (Wildman–Crippen MR) is 84.0 cm³/mol. The van der Waals surface area contributed by atoms with Gasteiger partial charge in [-0.1, -0.05) is 0 Å². The summed E-state index contributed by atoms with van der Waals surface area (Å²) in [6, 6.07) is 4.07. The molecule has 2 rings (SSSR count). The molecule has 0 atom stereocenters. The summed E-state index contributed by atoms with van der Waals surface area (Å²) in [7, 11) is -3.66. The van der Waals surface area contributed by atoms with E-state index in [1.54, 1.807) is 5.32 Å². The van der Waals surface area contributed by atoms with Gasteiger partial charge < -0.3 is 15.2 Å². The van der Waals surface area contributed by atoms with Gasteiger partial charge in [-0.3, -0.25) is 10.1 Å². The van der Waals surface area contributed by atoms with Gasteiger partial charge in [-0.25, -0.2) is 18.0 Å². The van der Waals surface area contributed by atoms with Crippen LogP contribution in [0.4, 0.5) is 4.79 Å². The Balaban J connectivity index is 2.00. The number of carbonyl (C=O) groups is 3. The smallest absolute Gasteiger partial charge is 0.338 e. The molecule has 10 nitrogen and oxygen atoms in total. The molecule has 3 amide bonds. The van der Waals surface area contributed by atoms with Crippen LogP contribution in [0, 0.1) is 0 Å². The highest BCUT2D eigenvalue weighted by Crippen LogP contribution is 2.18. The van der Waals surface area contributed by atoms with Crippen LogP contribution >= 0.6 is 0 Å². The maximum Gasteiger partial charge on any atom is 0.338 e. The highest BCUT2D eigenvalue weighted by atomic mass is 32.2. The first-order valence-electron chi connectivity index (χ1n) is 7.25. The molecule has 0 spiro atoms. The molecule has 25 heavy (non-hydrogen) atoms. The summed E-state index contributed by atoms with van der Waals surface area (Å²) >= 11 is 0. The fourth-order valence-corrected chi connectivity index (χ4v) is 3.49. The zero-order chi connectivity index (χ0) is 18.4. The van der Waals surface area contributed by atoms with Crippen LogP contribution in [-0.2, 0) is 24.3 Å². The number of nitrogens with zero attached hydrogens (tertiary/aromatic N) is 1. The van der Waals surface area contributed by atoms with Gasteiger partial charge in [0.15, 0.2) is 6.61 Å². The monoisotopic (exact) mass is 371 g/mol. The van der Waals surface area contributed by atoms with Crippen LogP contribution < -0.4 is 11.1 Å². The van der Waals surface area contributed by atoms with Crippen LogP contribution in [0.15, 0.2) is 29.2 Å². The van der Waals surface area contributed by atoms with Gasteiger partial charge in [-0.2, -0.15) is 4.31 Å². The number of hydrogen-bond donors (Lipinski definition) is 2. The number of imide groups is 1. The molecular formula is C14H17N3O7S. The van der Waals surface area contributed by atoms with E-state index in [4.69, 9.17) is 15.2 Å². The molecule has 3 N–H and O–H groups in total. The topological polar surface area (TPSA) is 145 Å². The maximum absolute atomic E-state index is 12.4. The lowest BCUT2D eigenvalue weighted by Gasteiger charge is -2.26. The number of nitrogens with one attached hydrogen (secondary N) is 1. The summed E-state index contributed by atoms with van der Waals surface area (Å²) in [5.74, 6) is -1.71. The lowest BCUT2D eigenvalue weighted by Crippen LogP contribution is -2.40. The molecule has 1 heterocycles. The second kappa shape index (κ2) is 8.05. The molecule has 1 saturated heterocycles. The van der Waals surface area contributed by atoms with Crippen LogP contribution in [0.3, 0.4) is 0 Å².